The summed E-state index contributed by atoms with van der Waals surface area (Å²) >= 11 is 0. The molecule has 1 atom stereocenters. The molecule has 0 bridgehead atoms. The van der Waals surface area contributed by atoms with Crippen molar-refractivity contribution < 1.29 is 38.4 Å². The maximum absolute atomic E-state index is 13.0. The first kappa shape index (κ1) is 30.6. The maximum Gasteiger partial charge on any atom is 0.414 e. The molecule has 0 aliphatic heterocycles. The summed E-state index contributed by atoms with van der Waals surface area (Å²) in [5.41, 5.74) is 3.39. The van der Waals surface area contributed by atoms with Crippen LogP contribution < -0.4 is 19.5 Å². The van der Waals surface area contributed by atoms with Crippen LogP contribution in [0.3, 0.4) is 0 Å². The van der Waals surface area contributed by atoms with Crippen LogP contribution in [0.15, 0.2) is 85.5 Å². The fourth-order valence-corrected chi connectivity index (χ4v) is 3.63. The molecule has 4 aromatic rings. The fourth-order valence-electron chi connectivity index (χ4n) is 3.63. The Labute approximate surface area is 236 Å². The Kier molecular flexibility index (Phi) is 11.7. The number of hydrogen-bond acceptors (Lipinski definition) is 7. The molecule has 41 heavy (non-hydrogen) atoms. The SMILES string of the molecule is CCOc1cc(CNC(C)c2ccc(-n3ccnc3)cc2)ccc1OCCOc1ccc(F)cc1.O=C(O)C(=O)O. The van der Waals surface area contributed by atoms with Crippen LogP contribution in [0, 0.1) is 5.82 Å². The summed E-state index contributed by atoms with van der Waals surface area (Å²) in [4.78, 5) is 22.3. The van der Waals surface area contributed by atoms with Gasteiger partial charge in [-0.1, -0.05) is 18.2 Å². The van der Waals surface area contributed by atoms with Crippen molar-refractivity contribution in [2.45, 2.75) is 26.4 Å². The largest absolute Gasteiger partial charge is 0.490 e. The number of nitrogens with zero attached hydrogens (tertiary/aromatic N) is 2. The van der Waals surface area contributed by atoms with Crippen molar-refractivity contribution in [1.82, 2.24) is 14.9 Å². The standard InChI is InChI=1S/C28H30FN3O3.C2H2O4/c1-3-33-28-18-22(4-13-27(28)35-17-16-34-26-11-7-24(29)8-12-26)19-31-21(2)23-5-9-25(10-6-23)32-15-14-30-20-32;3-1(4)2(5)6/h4-15,18,20-21,31H,3,16-17,19H2,1-2H3;(H,3,4)(H,5,6). The minimum atomic E-state index is -1.82. The molecule has 216 valence electrons. The van der Waals surface area contributed by atoms with Gasteiger partial charge in [0.05, 0.1) is 12.9 Å². The van der Waals surface area contributed by atoms with E-state index in [9.17, 15) is 4.39 Å². The Morgan fingerprint density at radius 1 is 0.927 bits per heavy atom. The minimum absolute atomic E-state index is 0.182. The summed E-state index contributed by atoms with van der Waals surface area (Å²) in [6, 6.07) is 20.5. The molecule has 1 aromatic heterocycles. The zero-order chi connectivity index (χ0) is 29.6. The number of aromatic nitrogens is 2. The van der Waals surface area contributed by atoms with E-state index in [1.165, 1.54) is 17.7 Å². The molecule has 0 aliphatic carbocycles. The van der Waals surface area contributed by atoms with E-state index in [1.54, 1.807) is 24.7 Å². The quantitative estimate of drug-likeness (QED) is 0.162. The Balaban J connectivity index is 0.000000696. The molecule has 0 saturated heterocycles. The molecular weight excluding hydrogens is 533 g/mol. The Bertz CT molecular complexity index is 1370. The van der Waals surface area contributed by atoms with E-state index in [2.05, 4.69) is 41.5 Å². The third-order valence-corrected chi connectivity index (χ3v) is 5.72. The number of ether oxygens (including phenoxy) is 3. The summed E-state index contributed by atoms with van der Waals surface area (Å²) in [5.74, 6) is -1.97. The number of halogens is 1. The second-order valence-electron chi connectivity index (χ2n) is 8.64. The van der Waals surface area contributed by atoms with Gasteiger partial charge in [-0.25, -0.2) is 19.0 Å². The van der Waals surface area contributed by atoms with E-state index < -0.39 is 11.9 Å². The zero-order valence-electron chi connectivity index (χ0n) is 22.7. The summed E-state index contributed by atoms with van der Waals surface area (Å²) in [6.07, 6.45) is 5.49. The Hall–Kier alpha value is -4.90. The predicted octanol–water partition coefficient (Wildman–Crippen LogP) is 4.87. The van der Waals surface area contributed by atoms with Crippen molar-refractivity contribution >= 4 is 11.9 Å². The first-order chi connectivity index (χ1) is 19.8. The van der Waals surface area contributed by atoms with Crippen molar-refractivity contribution in [1.29, 1.82) is 0 Å². The fraction of sp³-hybridized carbons (Fsp3) is 0.233. The van der Waals surface area contributed by atoms with Gasteiger partial charge in [0.2, 0.25) is 0 Å². The van der Waals surface area contributed by atoms with Gasteiger partial charge in [0.15, 0.2) is 11.5 Å². The summed E-state index contributed by atoms with van der Waals surface area (Å²) in [5, 5.41) is 18.4. The lowest BCUT2D eigenvalue weighted by Crippen LogP contribution is -2.18. The van der Waals surface area contributed by atoms with Crippen LogP contribution in [0.2, 0.25) is 0 Å². The van der Waals surface area contributed by atoms with Gasteiger partial charge in [-0.3, -0.25) is 0 Å². The second-order valence-corrected chi connectivity index (χ2v) is 8.64. The van der Waals surface area contributed by atoms with E-state index in [-0.39, 0.29) is 11.9 Å². The number of imidazole rings is 1. The number of rotatable bonds is 12. The minimum Gasteiger partial charge on any atom is -0.490 e. The van der Waals surface area contributed by atoms with Gasteiger partial charge < -0.3 is 34.3 Å². The molecule has 10 nitrogen and oxygen atoms in total. The average molecular weight is 566 g/mol. The van der Waals surface area contributed by atoms with Crippen LogP contribution in [-0.4, -0.2) is 51.5 Å². The van der Waals surface area contributed by atoms with Crippen molar-refractivity contribution in [3.05, 3.63) is 102 Å². The van der Waals surface area contributed by atoms with Crippen LogP contribution in [0.5, 0.6) is 17.2 Å². The highest BCUT2D eigenvalue weighted by Crippen LogP contribution is 2.29. The number of carboxylic acid groups (broad SMARTS) is 2. The number of carboxylic acids is 2. The molecule has 3 N–H and O–H groups in total. The average Bonchev–Trinajstić information content (AvgIpc) is 3.51. The molecule has 1 heterocycles. The molecule has 1 unspecified atom stereocenters. The van der Waals surface area contributed by atoms with Gasteiger partial charge in [-0.2, -0.15) is 0 Å². The van der Waals surface area contributed by atoms with Crippen LogP contribution in [0.4, 0.5) is 4.39 Å². The van der Waals surface area contributed by atoms with E-state index in [0.29, 0.717) is 43.6 Å². The Morgan fingerprint density at radius 3 is 2.22 bits per heavy atom. The highest BCUT2D eigenvalue weighted by molar-refractivity contribution is 6.27. The highest BCUT2D eigenvalue weighted by Gasteiger charge is 2.10. The maximum atomic E-state index is 13.0. The van der Waals surface area contributed by atoms with Crippen LogP contribution >= 0.6 is 0 Å². The van der Waals surface area contributed by atoms with E-state index in [4.69, 9.17) is 34.0 Å². The normalized spacial score (nSPS) is 11.1. The van der Waals surface area contributed by atoms with Gasteiger partial charge in [0.1, 0.15) is 24.8 Å². The lowest BCUT2D eigenvalue weighted by Gasteiger charge is -2.17. The van der Waals surface area contributed by atoms with Crippen molar-refractivity contribution in [2.75, 3.05) is 19.8 Å². The van der Waals surface area contributed by atoms with E-state index >= 15 is 0 Å². The van der Waals surface area contributed by atoms with Crippen molar-refractivity contribution in [2.24, 2.45) is 0 Å². The van der Waals surface area contributed by atoms with E-state index in [1.807, 2.05) is 35.9 Å². The number of benzene rings is 3. The number of nitrogens with one attached hydrogen (secondary N) is 1. The predicted molar refractivity (Wildman–Crippen MR) is 149 cm³/mol. The van der Waals surface area contributed by atoms with Crippen LogP contribution in [0.1, 0.15) is 31.0 Å². The molecular formula is C30H32FN3O7. The molecule has 0 fully saturated rings. The molecule has 0 saturated carbocycles. The lowest BCUT2D eigenvalue weighted by atomic mass is 10.1. The van der Waals surface area contributed by atoms with Gasteiger partial charge in [-0.05, 0) is 73.5 Å². The van der Waals surface area contributed by atoms with Gasteiger partial charge >= 0.3 is 11.9 Å². The number of carbonyl (C=O) groups is 2. The smallest absolute Gasteiger partial charge is 0.414 e. The topological polar surface area (TPSA) is 132 Å². The zero-order valence-corrected chi connectivity index (χ0v) is 22.7. The molecule has 0 aliphatic rings. The molecule has 0 amide bonds. The molecule has 0 spiro atoms. The summed E-state index contributed by atoms with van der Waals surface area (Å²) < 4.78 is 32.2. The van der Waals surface area contributed by atoms with Crippen molar-refractivity contribution in [3.8, 4) is 22.9 Å². The third-order valence-electron chi connectivity index (χ3n) is 5.72. The number of aliphatic carboxylic acids is 2. The second kappa shape index (κ2) is 15.6. The summed E-state index contributed by atoms with van der Waals surface area (Å²) in [6.45, 7) is 6.02. The van der Waals surface area contributed by atoms with E-state index in [0.717, 1.165) is 11.3 Å². The van der Waals surface area contributed by atoms with Crippen molar-refractivity contribution in [3.63, 3.8) is 0 Å². The van der Waals surface area contributed by atoms with Crippen LogP contribution in [0.25, 0.3) is 5.69 Å². The Morgan fingerprint density at radius 2 is 1.61 bits per heavy atom. The van der Waals surface area contributed by atoms with Gasteiger partial charge in [-0.15, -0.1) is 0 Å². The molecule has 0 radical (unpaired) electrons. The van der Waals surface area contributed by atoms with Gasteiger partial charge in [0.25, 0.3) is 0 Å². The molecule has 3 aromatic carbocycles. The monoisotopic (exact) mass is 565 g/mol. The third kappa shape index (κ3) is 9.97. The molecule has 4 rings (SSSR count). The summed E-state index contributed by atoms with van der Waals surface area (Å²) in [7, 11) is 0. The number of hydrogen-bond donors (Lipinski definition) is 3. The van der Waals surface area contributed by atoms with Crippen LogP contribution in [-0.2, 0) is 16.1 Å². The lowest BCUT2D eigenvalue weighted by molar-refractivity contribution is -0.159. The first-order valence-electron chi connectivity index (χ1n) is 12.8. The first-order valence-corrected chi connectivity index (χ1v) is 12.8. The highest BCUT2D eigenvalue weighted by atomic mass is 19.1. The molecule has 11 heteroatoms. The van der Waals surface area contributed by atoms with Gasteiger partial charge in [0, 0.05) is 30.7 Å².